The second kappa shape index (κ2) is 6.43. The monoisotopic (exact) mass is 288 g/mol. The molecule has 1 unspecified atom stereocenters. The summed E-state index contributed by atoms with van der Waals surface area (Å²) in [4.78, 5) is 21.5. The van der Waals surface area contributed by atoms with Crippen LogP contribution in [0.5, 0.6) is 0 Å². The van der Waals surface area contributed by atoms with Crippen LogP contribution in [0.4, 0.5) is 5.82 Å². The summed E-state index contributed by atoms with van der Waals surface area (Å²) >= 11 is 0. The fourth-order valence-electron chi connectivity index (χ4n) is 3.39. The van der Waals surface area contributed by atoms with E-state index in [0.717, 1.165) is 50.5 Å². The minimum atomic E-state index is 0.142. The zero-order valence-electron chi connectivity index (χ0n) is 12.7. The molecule has 0 saturated carbocycles. The number of anilines is 1. The zero-order chi connectivity index (χ0) is 14.7. The Hall–Kier alpha value is -1.62. The Bertz CT molecular complexity index is 499. The molecule has 21 heavy (non-hydrogen) atoms. The van der Waals surface area contributed by atoms with E-state index in [9.17, 15) is 4.79 Å². The normalized spacial score (nSPS) is 22.0. The second-order valence-corrected chi connectivity index (χ2v) is 6.03. The van der Waals surface area contributed by atoms with E-state index in [1.807, 2.05) is 24.1 Å². The molecule has 2 aliphatic rings. The van der Waals surface area contributed by atoms with Gasteiger partial charge in [-0.1, -0.05) is 0 Å². The van der Waals surface area contributed by atoms with Crippen LogP contribution in [0.3, 0.4) is 0 Å². The van der Waals surface area contributed by atoms with Gasteiger partial charge in [0.1, 0.15) is 5.82 Å². The topological polar surface area (TPSA) is 48.5 Å². The molecule has 0 aliphatic carbocycles. The van der Waals surface area contributed by atoms with Gasteiger partial charge in [0, 0.05) is 32.4 Å². The average molecular weight is 288 g/mol. The quantitative estimate of drug-likeness (QED) is 0.909. The number of rotatable bonds is 4. The Kier molecular flexibility index (Phi) is 4.39. The molecule has 5 nitrogen and oxygen atoms in total. The van der Waals surface area contributed by atoms with Crippen LogP contribution in [0.15, 0.2) is 18.3 Å². The third-order valence-corrected chi connectivity index (χ3v) is 4.49. The molecule has 1 atom stereocenters. The lowest BCUT2D eigenvalue weighted by molar-refractivity contribution is 0.0787. The van der Waals surface area contributed by atoms with Crippen molar-refractivity contribution in [3.63, 3.8) is 0 Å². The molecule has 3 rings (SSSR count). The van der Waals surface area contributed by atoms with Gasteiger partial charge in [-0.2, -0.15) is 0 Å². The van der Waals surface area contributed by atoms with Crippen molar-refractivity contribution in [2.45, 2.75) is 19.3 Å². The highest BCUT2D eigenvalue weighted by molar-refractivity contribution is 5.99. The van der Waals surface area contributed by atoms with Crippen molar-refractivity contribution in [3.05, 3.63) is 23.9 Å². The van der Waals surface area contributed by atoms with Crippen LogP contribution >= 0.6 is 0 Å². The molecule has 2 aliphatic heterocycles. The predicted molar refractivity (Wildman–Crippen MR) is 83.6 cm³/mol. The Morgan fingerprint density at radius 1 is 1.38 bits per heavy atom. The first-order valence-corrected chi connectivity index (χ1v) is 7.93. The van der Waals surface area contributed by atoms with E-state index in [1.54, 1.807) is 6.20 Å². The molecule has 114 valence electrons. The third kappa shape index (κ3) is 3.02. The van der Waals surface area contributed by atoms with E-state index >= 15 is 0 Å². The molecule has 0 spiro atoms. The van der Waals surface area contributed by atoms with Gasteiger partial charge in [-0.15, -0.1) is 0 Å². The highest BCUT2D eigenvalue weighted by atomic mass is 16.2. The smallest absolute Gasteiger partial charge is 0.257 e. The minimum Gasteiger partial charge on any atom is -0.356 e. The molecular weight excluding hydrogens is 264 g/mol. The molecule has 2 fully saturated rings. The largest absolute Gasteiger partial charge is 0.356 e. The fourth-order valence-corrected chi connectivity index (χ4v) is 3.39. The van der Waals surface area contributed by atoms with Gasteiger partial charge < -0.3 is 15.1 Å². The molecule has 2 saturated heterocycles. The Labute approximate surface area is 126 Å². The van der Waals surface area contributed by atoms with Gasteiger partial charge in [0.25, 0.3) is 5.91 Å². The molecule has 1 aromatic heterocycles. The third-order valence-electron chi connectivity index (χ3n) is 4.49. The van der Waals surface area contributed by atoms with Crippen molar-refractivity contribution < 1.29 is 4.79 Å². The van der Waals surface area contributed by atoms with Crippen LogP contribution in [0.25, 0.3) is 0 Å². The molecule has 0 aromatic carbocycles. The number of nitrogens with one attached hydrogen (secondary N) is 1. The lowest BCUT2D eigenvalue weighted by Gasteiger charge is -2.22. The summed E-state index contributed by atoms with van der Waals surface area (Å²) in [6.07, 6.45) is 5.26. The number of amides is 1. The molecule has 1 amide bonds. The van der Waals surface area contributed by atoms with Gasteiger partial charge in [-0.3, -0.25) is 4.79 Å². The van der Waals surface area contributed by atoms with Crippen molar-refractivity contribution >= 4 is 11.7 Å². The van der Waals surface area contributed by atoms with Gasteiger partial charge >= 0.3 is 0 Å². The first kappa shape index (κ1) is 14.3. The zero-order valence-corrected chi connectivity index (χ0v) is 12.7. The molecule has 1 N–H and O–H groups in total. The maximum Gasteiger partial charge on any atom is 0.257 e. The number of likely N-dealkylation sites (tertiary alicyclic amines) is 1. The lowest BCUT2D eigenvalue weighted by Crippen LogP contribution is -2.32. The van der Waals surface area contributed by atoms with Crippen LogP contribution < -0.4 is 10.2 Å². The number of hydrogen-bond acceptors (Lipinski definition) is 4. The van der Waals surface area contributed by atoms with E-state index in [1.165, 1.54) is 12.8 Å². The van der Waals surface area contributed by atoms with E-state index in [2.05, 4.69) is 15.2 Å². The summed E-state index contributed by atoms with van der Waals surface area (Å²) in [7, 11) is 1.97. The Balaban J connectivity index is 1.76. The molecule has 0 bridgehead atoms. The minimum absolute atomic E-state index is 0.142. The van der Waals surface area contributed by atoms with Crippen LogP contribution in [0, 0.1) is 5.92 Å². The Morgan fingerprint density at radius 2 is 2.19 bits per heavy atom. The van der Waals surface area contributed by atoms with Crippen molar-refractivity contribution in [3.8, 4) is 0 Å². The molecule has 0 radical (unpaired) electrons. The fraction of sp³-hybridized carbons (Fsp3) is 0.625. The maximum absolute atomic E-state index is 12.8. The van der Waals surface area contributed by atoms with E-state index in [-0.39, 0.29) is 5.91 Å². The van der Waals surface area contributed by atoms with Gasteiger partial charge in [-0.25, -0.2) is 4.98 Å². The van der Waals surface area contributed by atoms with E-state index < -0.39 is 0 Å². The van der Waals surface area contributed by atoms with Crippen molar-refractivity contribution in [2.24, 2.45) is 5.92 Å². The standard InChI is InChI=1S/C16H24N4O/c1-17-11-13-6-10-20(12-13)16(21)14-5-4-7-18-15(14)19-8-2-3-9-19/h4-5,7,13,17H,2-3,6,8-12H2,1H3. The number of hydrogen-bond donors (Lipinski definition) is 1. The molecule has 3 heterocycles. The first-order chi connectivity index (χ1) is 10.3. The molecule has 1 aromatic rings. The van der Waals surface area contributed by atoms with Crippen molar-refractivity contribution in [2.75, 3.05) is 44.7 Å². The summed E-state index contributed by atoms with van der Waals surface area (Å²) in [5.74, 6) is 1.59. The molecule has 5 heteroatoms. The van der Waals surface area contributed by atoms with Crippen molar-refractivity contribution in [1.29, 1.82) is 0 Å². The van der Waals surface area contributed by atoms with E-state index in [0.29, 0.717) is 5.92 Å². The number of pyridine rings is 1. The number of aromatic nitrogens is 1. The van der Waals surface area contributed by atoms with Crippen LogP contribution in [-0.4, -0.2) is 55.6 Å². The summed E-state index contributed by atoms with van der Waals surface area (Å²) < 4.78 is 0. The average Bonchev–Trinajstić information content (AvgIpc) is 3.18. The summed E-state index contributed by atoms with van der Waals surface area (Å²) in [5, 5.41) is 3.21. The highest BCUT2D eigenvalue weighted by Gasteiger charge is 2.29. The van der Waals surface area contributed by atoms with Gasteiger partial charge in [0.15, 0.2) is 0 Å². The highest BCUT2D eigenvalue weighted by Crippen LogP contribution is 2.25. The van der Waals surface area contributed by atoms with Crippen LogP contribution in [-0.2, 0) is 0 Å². The lowest BCUT2D eigenvalue weighted by atomic mass is 10.1. The Morgan fingerprint density at radius 3 is 2.95 bits per heavy atom. The second-order valence-electron chi connectivity index (χ2n) is 6.03. The molecular formula is C16H24N4O. The maximum atomic E-state index is 12.8. The summed E-state index contributed by atoms with van der Waals surface area (Å²) in [6, 6.07) is 3.79. The van der Waals surface area contributed by atoms with Gasteiger partial charge in [0.2, 0.25) is 0 Å². The van der Waals surface area contributed by atoms with Gasteiger partial charge in [-0.05, 0) is 50.9 Å². The first-order valence-electron chi connectivity index (χ1n) is 7.93. The number of nitrogens with zero attached hydrogens (tertiary/aromatic N) is 3. The number of carbonyl (C=O) groups is 1. The van der Waals surface area contributed by atoms with Crippen LogP contribution in [0.1, 0.15) is 29.6 Å². The number of carbonyl (C=O) groups excluding carboxylic acids is 1. The summed E-state index contributed by atoms with van der Waals surface area (Å²) in [5.41, 5.74) is 0.768. The predicted octanol–water partition coefficient (Wildman–Crippen LogP) is 1.36. The SMILES string of the molecule is CNCC1CCN(C(=O)c2cccnc2N2CCCC2)C1. The summed E-state index contributed by atoms with van der Waals surface area (Å²) in [6.45, 7) is 4.72. The van der Waals surface area contributed by atoms with Crippen LogP contribution in [0.2, 0.25) is 0 Å². The van der Waals surface area contributed by atoms with E-state index in [4.69, 9.17) is 0 Å². The van der Waals surface area contributed by atoms with Gasteiger partial charge in [0.05, 0.1) is 5.56 Å². The van der Waals surface area contributed by atoms with Crippen molar-refractivity contribution in [1.82, 2.24) is 15.2 Å².